The van der Waals surface area contributed by atoms with Crippen LogP contribution in [0.5, 0.6) is 0 Å². The van der Waals surface area contributed by atoms with Gasteiger partial charge in [0, 0.05) is 51.4 Å². The van der Waals surface area contributed by atoms with Gasteiger partial charge in [0.1, 0.15) is 0 Å². The van der Waals surface area contributed by atoms with Gasteiger partial charge < -0.3 is 15.1 Å². The van der Waals surface area contributed by atoms with Crippen LogP contribution < -0.4 is 15.1 Å². The number of hydrogen-bond acceptors (Lipinski definition) is 7. The second-order valence-electron chi connectivity index (χ2n) is 11.0. The Morgan fingerprint density at radius 3 is 2.18 bits per heavy atom. The van der Waals surface area contributed by atoms with Crippen LogP contribution in [0.25, 0.3) is 0 Å². The predicted molar refractivity (Wildman–Crippen MR) is 176 cm³/mol. The van der Waals surface area contributed by atoms with Gasteiger partial charge in [-0.2, -0.15) is 4.31 Å². The van der Waals surface area contributed by atoms with Crippen molar-refractivity contribution < 1.29 is 18.1 Å². The number of non-ortho nitro benzene ring substituents is 1. The van der Waals surface area contributed by atoms with Gasteiger partial charge in [-0.25, -0.2) is 8.42 Å². The molecule has 1 N–H and O–H groups in total. The molecule has 0 aliphatic carbocycles. The van der Waals surface area contributed by atoms with Crippen LogP contribution in [0, 0.1) is 16.0 Å². The van der Waals surface area contributed by atoms with Gasteiger partial charge in [0.15, 0.2) is 0 Å². The van der Waals surface area contributed by atoms with Crippen LogP contribution in [0.15, 0.2) is 71.6 Å². The number of nitrogens with zero attached hydrogens (tertiary/aromatic N) is 4. The molecule has 1 aliphatic rings. The number of amides is 1. The molecule has 44 heavy (non-hydrogen) atoms. The van der Waals surface area contributed by atoms with Gasteiger partial charge >= 0.3 is 0 Å². The maximum atomic E-state index is 14.0. The van der Waals surface area contributed by atoms with Crippen molar-refractivity contribution in [3.8, 4) is 0 Å². The van der Waals surface area contributed by atoms with Gasteiger partial charge in [-0.3, -0.25) is 14.9 Å². The molecule has 1 fully saturated rings. The first-order valence-electron chi connectivity index (χ1n) is 15.4. The Labute approximate surface area is 260 Å². The highest BCUT2D eigenvalue weighted by Gasteiger charge is 2.27. The van der Waals surface area contributed by atoms with Crippen LogP contribution in [-0.4, -0.2) is 62.8 Å². The van der Waals surface area contributed by atoms with E-state index in [0.717, 1.165) is 32.4 Å². The van der Waals surface area contributed by atoms with E-state index in [2.05, 4.69) is 22.3 Å². The van der Waals surface area contributed by atoms with Crippen molar-refractivity contribution in [3.63, 3.8) is 0 Å². The van der Waals surface area contributed by atoms with Gasteiger partial charge in [-0.15, -0.1) is 0 Å². The van der Waals surface area contributed by atoms with Crippen molar-refractivity contribution in [2.75, 3.05) is 54.4 Å². The molecule has 4 rings (SSSR count). The number of anilines is 3. The fraction of sp³-hybridized carbons (Fsp3) is 0.424. The summed E-state index contributed by atoms with van der Waals surface area (Å²) in [7, 11) is -3.79. The van der Waals surface area contributed by atoms with Crippen LogP contribution in [0.4, 0.5) is 22.7 Å². The van der Waals surface area contributed by atoms with E-state index in [1.165, 1.54) is 28.1 Å². The molecule has 3 aromatic rings. The zero-order valence-electron chi connectivity index (χ0n) is 26.0. The largest absolute Gasteiger partial charge is 0.371 e. The zero-order chi connectivity index (χ0) is 31.9. The topological polar surface area (TPSA) is 116 Å². The van der Waals surface area contributed by atoms with Gasteiger partial charge in [-0.1, -0.05) is 44.2 Å². The minimum Gasteiger partial charge on any atom is -0.371 e. The number of hydrogen-bond donors (Lipinski definition) is 1. The summed E-state index contributed by atoms with van der Waals surface area (Å²) in [5.41, 5.74) is 2.95. The molecule has 1 aliphatic heterocycles. The smallest absolute Gasteiger partial charge is 0.270 e. The lowest BCUT2D eigenvalue weighted by Crippen LogP contribution is -2.35. The number of nitro groups is 1. The number of nitrogens with one attached hydrogen (secondary N) is 1. The molecule has 1 amide bonds. The van der Waals surface area contributed by atoms with E-state index in [4.69, 9.17) is 0 Å². The number of rotatable bonds is 13. The SMILES string of the molecule is CCN(CC)c1ccc(S(=O)(=O)N(CC)CC)cc1NC(=O)c1cc([N+](=O)[O-])ccc1N1CCC(Cc2ccccc2)CC1. The zero-order valence-corrected chi connectivity index (χ0v) is 26.8. The van der Waals surface area contributed by atoms with Gasteiger partial charge in [-0.05, 0) is 68.9 Å². The van der Waals surface area contributed by atoms with Crippen molar-refractivity contribution in [1.82, 2.24) is 4.31 Å². The van der Waals surface area contributed by atoms with E-state index in [9.17, 15) is 23.3 Å². The molecule has 0 atom stereocenters. The Hall–Kier alpha value is -3.96. The second kappa shape index (κ2) is 14.7. The maximum absolute atomic E-state index is 14.0. The Bertz CT molecular complexity index is 1550. The minimum atomic E-state index is -3.79. The van der Waals surface area contributed by atoms with E-state index in [1.807, 2.05) is 36.9 Å². The number of carbonyl (C=O) groups is 1. The molecular weight excluding hydrogens is 578 g/mol. The average Bonchev–Trinajstić information content (AvgIpc) is 3.03. The summed E-state index contributed by atoms with van der Waals surface area (Å²) in [4.78, 5) is 29.4. The fourth-order valence-electron chi connectivity index (χ4n) is 5.94. The number of piperidine rings is 1. The van der Waals surface area contributed by atoms with Crippen molar-refractivity contribution in [1.29, 1.82) is 0 Å². The monoisotopic (exact) mass is 621 g/mol. The first-order chi connectivity index (χ1) is 21.1. The summed E-state index contributed by atoms with van der Waals surface area (Å²) in [5, 5.41) is 14.7. The lowest BCUT2D eigenvalue weighted by atomic mass is 9.89. The standard InChI is InChI=1S/C33H43N5O5S/c1-5-35(6-2)32-17-15-28(44(42,43)37(7-3)8-4)24-30(32)34-33(39)29-23-27(38(40)41)14-16-31(29)36-20-18-26(19-21-36)22-25-12-10-9-11-13-25/h9-17,23-24,26H,5-8,18-22H2,1-4H3,(H,34,39). The van der Waals surface area contributed by atoms with Crippen molar-refractivity contribution in [3.05, 3.63) is 88.0 Å². The Morgan fingerprint density at radius 2 is 1.59 bits per heavy atom. The Kier molecular flexibility index (Phi) is 11.0. The van der Waals surface area contributed by atoms with Crippen LogP contribution in [-0.2, 0) is 16.4 Å². The second-order valence-corrected chi connectivity index (χ2v) is 12.9. The van der Waals surface area contributed by atoms with Gasteiger partial charge in [0.2, 0.25) is 10.0 Å². The van der Waals surface area contributed by atoms with Crippen LogP contribution in [0.1, 0.15) is 56.5 Å². The van der Waals surface area contributed by atoms with Crippen LogP contribution >= 0.6 is 0 Å². The van der Waals surface area contributed by atoms with Crippen LogP contribution in [0.2, 0.25) is 0 Å². The normalized spacial score (nSPS) is 14.1. The van der Waals surface area contributed by atoms with Crippen LogP contribution in [0.3, 0.4) is 0 Å². The molecular formula is C33H43N5O5S. The van der Waals surface area contributed by atoms with Crippen molar-refractivity contribution >= 4 is 38.7 Å². The summed E-state index contributed by atoms with van der Waals surface area (Å²) in [6, 6.07) is 19.6. The number of carbonyl (C=O) groups excluding carboxylic acids is 1. The van der Waals surface area contributed by atoms with Gasteiger partial charge in [0.05, 0.1) is 32.4 Å². The third-order valence-electron chi connectivity index (χ3n) is 8.42. The molecule has 236 valence electrons. The molecule has 10 nitrogen and oxygen atoms in total. The highest BCUT2D eigenvalue weighted by molar-refractivity contribution is 7.89. The number of sulfonamides is 1. The van der Waals surface area contributed by atoms with E-state index in [1.54, 1.807) is 32.0 Å². The molecule has 3 aromatic carbocycles. The lowest BCUT2D eigenvalue weighted by molar-refractivity contribution is -0.384. The molecule has 1 saturated heterocycles. The molecule has 0 bridgehead atoms. The maximum Gasteiger partial charge on any atom is 0.270 e. The predicted octanol–water partition coefficient (Wildman–Crippen LogP) is 6.18. The summed E-state index contributed by atoms with van der Waals surface area (Å²) in [6.07, 6.45) is 2.86. The van der Waals surface area contributed by atoms with E-state index < -0.39 is 20.9 Å². The lowest BCUT2D eigenvalue weighted by Gasteiger charge is -2.34. The Balaban J connectivity index is 1.66. The molecule has 11 heteroatoms. The first kappa shape index (κ1) is 32.9. The fourth-order valence-corrected chi connectivity index (χ4v) is 7.42. The van der Waals surface area contributed by atoms with E-state index in [0.29, 0.717) is 49.2 Å². The third-order valence-corrected chi connectivity index (χ3v) is 10.5. The van der Waals surface area contributed by atoms with Gasteiger partial charge in [0.25, 0.3) is 11.6 Å². The summed E-state index contributed by atoms with van der Waals surface area (Å²) in [6.45, 7) is 10.9. The highest BCUT2D eigenvalue weighted by atomic mass is 32.2. The number of benzene rings is 3. The average molecular weight is 622 g/mol. The third kappa shape index (κ3) is 7.39. The molecule has 0 unspecified atom stereocenters. The molecule has 1 heterocycles. The van der Waals surface area contributed by atoms with Crippen molar-refractivity contribution in [2.24, 2.45) is 5.92 Å². The molecule has 0 saturated carbocycles. The molecule has 0 aromatic heterocycles. The van der Waals surface area contributed by atoms with E-state index >= 15 is 0 Å². The summed E-state index contributed by atoms with van der Waals surface area (Å²) >= 11 is 0. The molecule has 0 radical (unpaired) electrons. The number of nitro benzene ring substituents is 1. The summed E-state index contributed by atoms with van der Waals surface area (Å²) in [5.74, 6) is -0.0167. The highest BCUT2D eigenvalue weighted by Crippen LogP contribution is 2.34. The van der Waals surface area contributed by atoms with Crippen molar-refractivity contribution in [2.45, 2.75) is 51.9 Å². The first-order valence-corrected chi connectivity index (χ1v) is 16.8. The molecule has 0 spiro atoms. The summed E-state index contributed by atoms with van der Waals surface area (Å²) < 4.78 is 28.1. The van der Waals surface area contributed by atoms with E-state index in [-0.39, 0.29) is 16.1 Å². The minimum absolute atomic E-state index is 0.0761. The quantitative estimate of drug-likeness (QED) is 0.179. The Morgan fingerprint density at radius 1 is 0.932 bits per heavy atom.